The summed E-state index contributed by atoms with van der Waals surface area (Å²) in [6.07, 6.45) is 1.99. The Balaban J connectivity index is 2.05. The minimum absolute atomic E-state index is 0.112. The van der Waals surface area contributed by atoms with Gasteiger partial charge in [0.1, 0.15) is 0 Å². The maximum atomic E-state index is 12.6. The normalized spacial score (nSPS) is 18.1. The Morgan fingerprint density at radius 1 is 1.40 bits per heavy atom. The van der Waals surface area contributed by atoms with Crippen molar-refractivity contribution in [1.29, 1.82) is 0 Å². The van der Waals surface area contributed by atoms with Crippen LogP contribution in [-0.4, -0.2) is 37.0 Å². The summed E-state index contributed by atoms with van der Waals surface area (Å²) in [4.78, 5) is 14.5. The van der Waals surface area contributed by atoms with Crippen LogP contribution >= 0.6 is 0 Å². The van der Waals surface area contributed by atoms with E-state index in [4.69, 9.17) is 10.5 Å². The number of rotatable bonds is 4. The van der Waals surface area contributed by atoms with E-state index in [1.165, 1.54) is 0 Å². The van der Waals surface area contributed by atoms with Gasteiger partial charge < -0.3 is 15.4 Å². The lowest BCUT2D eigenvalue weighted by atomic mass is 9.90. The fraction of sp³-hybridized carbons (Fsp3) is 0.562. The van der Waals surface area contributed by atoms with Gasteiger partial charge in [-0.3, -0.25) is 4.79 Å². The van der Waals surface area contributed by atoms with Gasteiger partial charge in [0.25, 0.3) is 5.91 Å². The summed E-state index contributed by atoms with van der Waals surface area (Å²) in [5.41, 5.74) is 7.65. The number of benzene rings is 1. The zero-order valence-corrected chi connectivity index (χ0v) is 12.3. The Morgan fingerprint density at radius 2 is 2.05 bits per heavy atom. The average Bonchev–Trinajstić information content (AvgIpc) is 2.47. The molecule has 1 atom stereocenters. The molecule has 1 aromatic carbocycles. The summed E-state index contributed by atoms with van der Waals surface area (Å²) in [5.74, 6) is 0.647. The van der Waals surface area contributed by atoms with Gasteiger partial charge >= 0.3 is 0 Å². The number of carbonyl (C=O) groups is 1. The van der Waals surface area contributed by atoms with Crippen LogP contribution in [0.15, 0.2) is 24.3 Å². The summed E-state index contributed by atoms with van der Waals surface area (Å²) in [6, 6.07) is 7.89. The van der Waals surface area contributed by atoms with E-state index in [1.54, 1.807) is 7.11 Å². The summed E-state index contributed by atoms with van der Waals surface area (Å²) in [5, 5.41) is 0. The van der Waals surface area contributed by atoms with Crippen molar-refractivity contribution < 1.29 is 9.53 Å². The SMILES string of the molecule is COCc1ccccc1C(=O)N1CCC(C(C)N)CC1. The highest BCUT2D eigenvalue weighted by molar-refractivity contribution is 5.95. The molecular formula is C16H24N2O2. The van der Waals surface area contributed by atoms with Gasteiger partial charge in [-0.2, -0.15) is 0 Å². The van der Waals surface area contributed by atoms with Crippen LogP contribution in [0.25, 0.3) is 0 Å². The lowest BCUT2D eigenvalue weighted by molar-refractivity contribution is 0.0676. The molecule has 0 aliphatic carbocycles. The third-order valence-electron chi connectivity index (χ3n) is 4.12. The summed E-state index contributed by atoms with van der Waals surface area (Å²) in [6.45, 7) is 4.12. The van der Waals surface area contributed by atoms with Gasteiger partial charge in [0.15, 0.2) is 0 Å². The van der Waals surface area contributed by atoms with E-state index in [0.29, 0.717) is 12.5 Å². The fourth-order valence-corrected chi connectivity index (χ4v) is 2.81. The summed E-state index contributed by atoms with van der Waals surface area (Å²) >= 11 is 0. The highest BCUT2D eigenvalue weighted by atomic mass is 16.5. The second-order valence-electron chi connectivity index (χ2n) is 5.58. The molecule has 1 fully saturated rings. The third-order valence-corrected chi connectivity index (χ3v) is 4.12. The van der Waals surface area contributed by atoms with Gasteiger partial charge in [-0.25, -0.2) is 0 Å². The fourth-order valence-electron chi connectivity index (χ4n) is 2.81. The lowest BCUT2D eigenvalue weighted by Gasteiger charge is -2.34. The Morgan fingerprint density at radius 3 is 2.65 bits per heavy atom. The first-order valence-corrected chi connectivity index (χ1v) is 7.25. The Bertz CT molecular complexity index is 452. The molecule has 1 unspecified atom stereocenters. The van der Waals surface area contributed by atoms with Crippen LogP contribution in [0.5, 0.6) is 0 Å². The second kappa shape index (κ2) is 6.86. The molecule has 20 heavy (non-hydrogen) atoms. The lowest BCUT2D eigenvalue weighted by Crippen LogP contribution is -2.42. The van der Waals surface area contributed by atoms with Crippen molar-refractivity contribution in [2.24, 2.45) is 11.7 Å². The molecule has 4 heteroatoms. The van der Waals surface area contributed by atoms with E-state index in [-0.39, 0.29) is 11.9 Å². The number of hydrogen-bond donors (Lipinski definition) is 1. The van der Waals surface area contributed by atoms with Crippen molar-refractivity contribution in [1.82, 2.24) is 4.90 Å². The molecule has 1 saturated heterocycles. The monoisotopic (exact) mass is 276 g/mol. The van der Waals surface area contributed by atoms with Gasteiger partial charge in [0, 0.05) is 31.8 Å². The summed E-state index contributed by atoms with van der Waals surface area (Å²) in [7, 11) is 1.65. The zero-order chi connectivity index (χ0) is 14.5. The molecule has 0 bridgehead atoms. The topological polar surface area (TPSA) is 55.6 Å². The van der Waals surface area contributed by atoms with Gasteiger partial charge in [-0.05, 0) is 37.3 Å². The molecule has 0 aromatic heterocycles. The molecule has 4 nitrogen and oxygen atoms in total. The second-order valence-corrected chi connectivity index (χ2v) is 5.58. The number of nitrogens with two attached hydrogens (primary N) is 1. The zero-order valence-electron chi connectivity index (χ0n) is 12.3. The Hall–Kier alpha value is -1.39. The summed E-state index contributed by atoms with van der Waals surface area (Å²) < 4.78 is 5.17. The first-order valence-electron chi connectivity index (χ1n) is 7.25. The average molecular weight is 276 g/mol. The molecule has 0 radical (unpaired) electrons. The molecular weight excluding hydrogens is 252 g/mol. The van der Waals surface area contributed by atoms with Crippen molar-refractivity contribution in [3.8, 4) is 0 Å². The molecule has 1 amide bonds. The van der Waals surface area contributed by atoms with E-state index in [2.05, 4.69) is 6.92 Å². The predicted octanol–water partition coefficient (Wildman–Crippen LogP) is 2.03. The number of ether oxygens (including phenoxy) is 1. The van der Waals surface area contributed by atoms with Gasteiger partial charge in [0.2, 0.25) is 0 Å². The molecule has 110 valence electrons. The first-order chi connectivity index (χ1) is 9.63. The van der Waals surface area contributed by atoms with Crippen LogP contribution in [0.3, 0.4) is 0 Å². The number of nitrogens with zero attached hydrogens (tertiary/aromatic N) is 1. The minimum Gasteiger partial charge on any atom is -0.380 e. The van der Waals surface area contributed by atoms with E-state index >= 15 is 0 Å². The van der Waals surface area contributed by atoms with E-state index in [9.17, 15) is 4.79 Å². The van der Waals surface area contributed by atoms with Crippen LogP contribution < -0.4 is 5.73 Å². The van der Waals surface area contributed by atoms with E-state index < -0.39 is 0 Å². The number of piperidine rings is 1. The maximum absolute atomic E-state index is 12.6. The van der Waals surface area contributed by atoms with E-state index in [0.717, 1.165) is 37.1 Å². The number of amides is 1. The van der Waals surface area contributed by atoms with Crippen molar-refractivity contribution in [2.45, 2.75) is 32.4 Å². The van der Waals surface area contributed by atoms with E-state index in [1.807, 2.05) is 29.2 Å². The van der Waals surface area contributed by atoms with Crippen LogP contribution in [0.1, 0.15) is 35.7 Å². The largest absolute Gasteiger partial charge is 0.380 e. The highest BCUT2D eigenvalue weighted by Crippen LogP contribution is 2.22. The number of hydrogen-bond acceptors (Lipinski definition) is 3. The van der Waals surface area contributed by atoms with Crippen molar-refractivity contribution in [3.63, 3.8) is 0 Å². The number of carbonyl (C=O) groups excluding carboxylic acids is 1. The number of methoxy groups -OCH3 is 1. The molecule has 2 rings (SSSR count). The minimum atomic E-state index is 0.112. The standard InChI is InChI=1S/C16H24N2O2/c1-12(17)13-7-9-18(10-8-13)16(19)15-6-4-3-5-14(15)11-20-2/h3-6,12-13H,7-11,17H2,1-2H3. The Kier molecular flexibility index (Phi) is 5.15. The van der Waals surface area contributed by atoms with Crippen LogP contribution in [-0.2, 0) is 11.3 Å². The van der Waals surface area contributed by atoms with Gasteiger partial charge in [-0.15, -0.1) is 0 Å². The predicted molar refractivity (Wildman–Crippen MR) is 79.4 cm³/mol. The third kappa shape index (κ3) is 3.38. The quantitative estimate of drug-likeness (QED) is 0.915. The van der Waals surface area contributed by atoms with Crippen molar-refractivity contribution >= 4 is 5.91 Å². The van der Waals surface area contributed by atoms with Crippen LogP contribution in [0.2, 0.25) is 0 Å². The molecule has 2 N–H and O–H groups in total. The first kappa shape index (κ1) is 15.0. The van der Waals surface area contributed by atoms with Crippen molar-refractivity contribution in [3.05, 3.63) is 35.4 Å². The maximum Gasteiger partial charge on any atom is 0.254 e. The molecule has 1 heterocycles. The van der Waals surface area contributed by atoms with Gasteiger partial charge in [-0.1, -0.05) is 18.2 Å². The van der Waals surface area contributed by atoms with Crippen LogP contribution in [0, 0.1) is 5.92 Å². The smallest absolute Gasteiger partial charge is 0.254 e. The van der Waals surface area contributed by atoms with Gasteiger partial charge in [0.05, 0.1) is 6.61 Å². The molecule has 1 aromatic rings. The molecule has 1 aliphatic heterocycles. The Labute approximate surface area is 120 Å². The molecule has 0 saturated carbocycles. The number of likely N-dealkylation sites (tertiary alicyclic amines) is 1. The van der Waals surface area contributed by atoms with Crippen LogP contribution in [0.4, 0.5) is 0 Å². The molecule has 1 aliphatic rings. The molecule has 0 spiro atoms. The highest BCUT2D eigenvalue weighted by Gasteiger charge is 2.26. The van der Waals surface area contributed by atoms with Crippen molar-refractivity contribution in [2.75, 3.05) is 20.2 Å².